The van der Waals surface area contributed by atoms with Crippen LogP contribution in [0.25, 0.3) is 0 Å². The van der Waals surface area contributed by atoms with Gasteiger partial charge in [-0.3, -0.25) is 4.79 Å². The lowest BCUT2D eigenvalue weighted by molar-refractivity contribution is -0.132. The van der Waals surface area contributed by atoms with Crippen molar-refractivity contribution in [1.29, 1.82) is 0 Å². The second-order valence-corrected chi connectivity index (χ2v) is 6.83. The van der Waals surface area contributed by atoms with E-state index in [0.29, 0.717) is 18.2 Å². The third kappa shape index (κ3) is 4.03. The summed E-state index contributed by atoms with van der Waals surface area (Å²) in [6.45, 7) is 8.45. The van der Waals surface area contributed by atoms with Crippen LogP contribution in [0.15, 0.2) is 5.38 Å². The fraction of sp³-hybridized carbons (Fsp3) is 0.733. The van der Waals surface area contributed by atoms with E-state index in [2.05, 4.69) is 31.1 Å². The molecule has 0 bridgehead atoms. The van der Waals surface area contributed by atoms with E-state index in [-0.39, 0.29) is 0 Å². The number of thiazole rings is 1. The summed E-state index contributed by atoms with van der Waals surface area (Å²) in [6.07, 6.45) is 3.71. The molecule has 1 aromatic rings. The van der Waals surface area contributed by atoms with Crippen LogP contribution < -0.4 is 0 Å². The molecular formula is C15H24N2OS. The van der Waals surface area contributed by atoms with E-state index >= 15 is 0 Å². The van der Waals surface area contributed by atoms with Gasteiger partial charge in [-0.25, -0.2) is 4.98 Å². The highest BCUT2D eigenvalue weighted by atomic mass is 32.1. The van der Waals surface area contributed by atoms with Crippen molar-refractivity contribution < 1.29 is 4.79 Å². The fourth-order valence-corrected chi connectivity index (χ4v) is 3.29. The van der Waals surface area contributed by atoms with Gasteiger partial charge in [-0.2, -0.15) is 0 Å². The number of amides is 1. The summed E-state index contributed by atoms with van der Waals surface area (Å²) in [5, 5.41) is 3.22. The van der Waals surface area contributed by atoms with Gasteiger partial charge in [0.1, 0.15) is 0 Å². The molecule has 1 aromatic heterocycles. The van der Waals surface area contributed by atoms with E-state index in [4.69, 9.17) is 0 Å². The van der Waals surface area contributed by atoms with Crippen molar-refractivity contribution in [3.05, 3.63) is 16.1 Å². The Balaban J connectivity index is 1.79. The van der Waals surface area contributed by atoms with Gasteiger partial charge in [-0.15, -0.1) is 11.3 Å². The summed E-state index contributed by atoms with van der Waals surface area (Å²) in [7, 11) is 0. The van der Waals surface area contributed by atoms with Gasteiger partial charge in [-0.05, 0) is 24.7 Å². The number of nitrogens with zero attached hydrogens (tertiary/aromatic N) is 2. The smallest absolute Gasteiger partial charge is 0.222 e. The Hall–Kier alpha value is -0.900. The van der Waals surface area contributed by atoms with Crippen molar-refractivity contribution >= 4 is 17.2 Å². The molecule has 0 N–H and O–H groups in total. The van der Waals surface area contributed by atoms with E-state index in [1.165, 1.54) is 0 Å². The topological polar surface area (TPSA) is 33.2 Å². The number of carbonyl (C=O) groups excluding carboxylic acids is 1. The molecule has 0 saturated carbocycles. The normalized spacial score (nSPS) is 17.2. The predicted octanol–water partition coefficient (Wildman–Crippen LogP) is 3.46. The molecule has 1 aliphatic heterocycles. The zero-order valence-electron chi connectivity index (χ0n) is 12.2. The van der Waals surface area contributed by atoms with E-state index in [9.17, 15) is 4.79 Å². The first-order valence-electron chi connectivity index (χ1n) is 7.28. The minimum Gasteiger partial charge on any atom is -0.343 e. The van der Waals surface area contributed by atoms with Crippen molar-refractivity contribution in [2.24, 2.45) is 5.92 Å². The van der Waals surface area contributed by atoms with Gasteiger partial charge in [0, 0.05) is 31.3 Å². The number of aromatic nitrogens is 1. The minimum absolute atomic E-state index is 0.299. The van der Waals surface area contributed by atoms with E-state index < -0.39 is 0 Å². The van der Waals surface area contributed by atoms with Crippen LogP contribution in [0.2, 0.25) is 0 Å². The summed E-state index contributed by atoms with van der Waals surface area (Å²) in [4.78, 5) is 18.7. The highest BCUT2D eigenvalue weighted by Gasteiger charge is 2.20. The van der Waals surface area contributed by atoms with E-state index in [1.54, 1.807) is 11.3 Å². The molecule has 0 unspecified atom stereocenters. The third-order valence-corrected chi connectivity index (χ3v) is 4.78. The van der Waals surface area contributed by atoms with Crippen molar-refractivity contribution in [1.82, 2.24) is 9.88 Å². The highest BCUT2D eigenvalue weighted by molar-refractivity contribution is 7.09. The van der Waals surface area contributed by atoms with Crippen LogP contribution in [0.1, 0.15) is 56.7 Å². The second-order valence-electron chi connectivity index (χ2n) is 5.88. The van der Waals surface area contributed by atoms with Crippen LogP contribution in [-0.4, -0.2) is 28.9 Å². The Bertz CT molecular complexity index is 420. The first-order valence-corrected chi connectivity index (χ1v) is 8.16. The van der Waals surface area contributed by atoms with Gasteiger partial charge in [0.25, 0.3) is 0 Å². The number of carbonyl (C=O) groups is 1. The van der Waals surface area contributed by atoms with Gasteiger partial charge in [0.2, 0.25) is 5.91 Å². The molecule has 1 aliphatic rings. The second kappa shape index (κ2) is 6.51. The molecule has 2 heterocycles. The van der Waals surface area contributed by atoms with E-state index in [0.717, 1.165) is 49.0 Å². The molecule has 0 aliphatic carbocycles. The molecule has 1 fully saturated rings. The molecule has 0 atom stereocenters. The van der Waals surface area contributed by atoms with Crippen molar-refractivity contribution in [2.45, 2.75) is 52.4 Å². The van der Waals surface area contributed by atoms with Crippen LogP contribution in [0.3, 0.4) is 0 Å². The summed E-state index contributed by atoms with van der Waals surface area (Å²) in [5.74, 6) is 1.55. The lowest BCUT2D eigenvalue weighted by atomic mass is 9.99. The molecule has 1 saturated heterocycles. The molecule has 0 spiro atoms. The lowest BCUT2D eigenvalue weighted by Gasteiger charge is -2.30. The van der Waals surface area contributed by atoms with Gasteiger partial charge < -0.3 is 4.90 Å². The van der Waals surface area contributed by atoms with Crippen LogP contribution in [-0.2, 0) is 11.2 Å². The number of hydrogen-bond acceptors (Lipinski definition) is 3. The maximum absolute atomic E-state index is 12.1. The van der Waals surface area contributed by atoms with Gasteiger partial charge in [0.15, 0.2) is 0 Å². The SMILES string of the molecule is CC1CCN(C(=O)CCc2nc(C(C)C)cs2)CC1. The van der Waals surface area contributed by atoms with Crippen LogP contribution >= 0.6 is 11.3 Å². The highest BCUT2D eigenvalue weighted by Crippen LogP contribution is 2.20. The Morgan fingerprint density at radius 2 is 2.16 bits per heavy atom. The van der Waals surface area contributed by atoms with Crippen LogP contribution in [0.5, 0.6) is 0 Å². The maximum Gasteiger partial charge on any atom is 0.222 e. The molecule has 2 rings (SSSR count). The van der Waals surface area contributed by atoms with E-state index in [1.807, 2.05) is 4.90 Å². The Kier molecular flexibility index (Phi) is 4.97. The van der Waals surface area contributed by atoms with Gasteiger partial charge in [0.05, 0.1) is 10.7 Å². The fourth-order valence-electron chi connectivity index (χ4n) is 2.34. The Morgan fingerprint density at radius 3 is 2.74 bits per heavy atom. The standard InChI is InChI=1S/C15H24N2OS/c1-11(2)13-10-19-14(16-13)4-5-15(18)17-8-6-12(3)7-9-17/h10-12H,4-9H2,1-3H3. The minimum atomic E-state index is 0.299. The predicted molar refractivity (Wildman–Crippen MR) is 79.5 cm³/mol. The molecule has 1 amide bonds. The summed E-state index contributed by atoms with van der Waals surface area (Å²) >= 11 is 1.69. The number of aryl methyl sites for hydroxylation is 1. The zero-order chi connectivity index (χ0) is 13.8. The van der Waals surface area contributed by atoms with Crippen molar-refractivity contribution in [3.63, 3.8) is 0 Å². The van der Waals surface area contributed by atoms with Gasteiger partial charge >= 0.3 is 0 Å². The van der Waals surface area contributed by atoms with Crippen molar-refractivity contribution in [2.75, 3.05) is 13.1 Å². The Labute approximate surface area is 120 Å². The lowest BCUT2D eigenvalue weighted by Crippen LogP contribution is -2.37. The Morgan fingerprint density at radius 1 is 1.47 bits per heavy atom. The largest absolute Gasteiger partial charge is 0.343 e. The van der Waals surface area contributed by atoms with Crippen molar-refractivity contribution in [3.8, 4) is 0 Å². The molecule has 106 valence electrons. The molecule has 3 nitrogen and oxygen atoms in total. The molecule has 0 aromatic carbocycles. The first-order chi connectivity index (χ1) is 9.06. The maximum atomic E-state index is 12.1. The van der Waals surface area contributed by atoms with Crippen LogP contribution in [0, 0.1) is 5.92 Å². The number of hydrogen-bond donors (Lipinski definition) is 0. The quantitative estimate of drug-likeness (QED) is 0.846. The number of rotatable bonds is 4. The van der Waals surface area contributed by atoms with Crippen LogP contribution in [0.4, 0.5) is 0 Å². The molecule has 4 heteroatoms. The molecule has 0 radical (unpaired) electrons. The third-order valence-electron chi connectivity index (χ3n) is 3.85. The molecule has 19 heavy (non-hydrogen) atoms. The number of piperidine rings is 1. The summed E-state index contributed by atoms with van der Waals surface area (Å²) in [6, 6.07) is 0. The van der Waals surface area contributed by atoms with Gasteiger partial charge in [-0.1, -0.05) is 20.8 Å². The number of likely N-dealkylation sites (tertiary alicyclic amines) is 1. The summed E-state index contributed by atoms with van der Waals surface area (Å²) < 4.78 is 0. The zero-order valence-corrected chi connectivity index (χ0v) is 13.0. The average Bonchev–Trinajstić information content (AvgIpc) is 2.86. The first kappa shape index (κ1) is 14.5. The monoisotopic (exact) mass is 280 g/mol. The molecular weight excluding hydrogens is 256 g/mol. The average molecular weight is 280 g/mol. The summed E-state index contributed by atoms with van der Waals surface area (Å²) in [5.41, 5.74) is 1.15.